The topological polar surface area (TPSA) is 17.8 Å². The van der Waals surface area contributed by atoms with Crippen LogP contribution in [0, 0.1) is 12.7 Å². The van der Waals surface area contributed by atoms with Gasteiger partial charge in [-0.1, -0.05) is 0 Å². The molecule has 0 atom stereocenters. The summed E-state index contributed by atoms with van der Waals surface area (Å²) in [5.74, 6) is -0.210. The van der Waals surface area contributed by atoms with Crippen LogP contribution < -0.4 is 0 Å². The van der Waals surface area contributed by atoms with Gasteiger partial charge in [-0.05, 0) is 25.1 Å². The average Bonchev–Trinajstić information content (AvgIpc) is 2.31. The van der Waals surface area contributed by atoms with Gasteiger partial charge >= 0.3 is 0 Å². The molecule has 0 bridgehead atoms. The van der Waals surface area contributed by atoms with Gasteiger partial charge in [0.05, 0.1) is 5.52 Å². The van der Waals surface area contributed by atoms with Crippen LogP contribution in [0.15, 0.2) is 18.2 Å². The first-order chi connectivity index (χ1) is 5.68. The monoisotopic (exact) mass is 164 g/mol. The van der Waals surface area contributed by atoms with Gasteiger partial charge in [0.25, 0.3) is 0 Å². The summed E-state index contributed by atoms with van der Waals surface area (Å²) in [6, 6.07) is 4.63. The van der Waals surface area contributed by atoms with Crippen LogP contribution in [0.4, 0.5) is 4.39 Å². The van der Waals surface area contributed by atoms with Crippen LogP contribution in [0.2, 0.25) is 0 Å². The number of hydrogen-bond donors (Lipinski definition) is 0. The van der Waals surface area contributed by atoms with E-state index in [4.69, 9.17) is 0 Å². The summed E-state index contributed by atoms with van der Waals surface area (Å²) in [5, 5.41) is 5.09. The highest BCUT2D eigenvalue weighted by Crippen LogP contribution is 2.17. The maximum absolute atomic E-state index is 12.8. The highest BCUT2D eigenvalue weighted by molar-refractivity contribution is 5.81. The van der Waals surface area contributed by atoms with Crippen molar-refractivity contribution in [2.45, 2.75) is 6.92 Å². The first-order valence-corrected chi connectivity index (χ1v) is 3.77. The number of aryl methyl sites for hydroxylation is 2. The molecule has 0 amide bonds. The number of rotatable bonds is 0. The van der Waals surface area contributed by atoms with Gasteiger partial charge in [0.1, 0.15) is 5.82 Å². The van der Waals surface area contributed by atoms with E-state index in [0.29, 0.717) is 0 Å². The summed E-state index contributed by atoms with van der Waals surface area (Å²) in [6.45, 7) is 1.93. The van der Waals surface area contributed by atoms with Gasteiger partial charge in [0.2, 0.25) is 0 Å². The molecule has 0 fully saturated rings. The minimum Gasteiger partial charge on any atom is -0.272 e. The number of nitrogens with zero attached hydrogens (tertiary/aromatic N) is 2. The van der Waals surface area contributed by atoms with Crippen molar-refractivity contribution in [2.75, 3.05) is 0 Å². The van der Waals surface area contributed by atoms with Crippen molar-refractivity contribution >= 4 is 10.9 Å². The van der Waals surface area contributed by atoms with Gasteiger partial charge in [-0.3, -0.25) is 4.68 Å². The molecule has 0 saturated heterocycles. The Balaban J connectivity index is 2.88. The summed E-state index contributed by atoms with van der Waals surface area (Å²) < 4.78 is 14.5. The normalized spacial score (nSPS) is 10.9. The Kier molecular flexibility index (Phi) is 1.40. The van der Waals surface area contributed by atoms with Crippen LogP contribution in [0.25, 0.3) is 10.9 Å². The lowest BCUT2D eigenvalue weighted by Gasteiger charge is -1.91. The zero-order valence-electron chi connectivity index (χ0n) is 7.00. The summed E-state index contributed by atoms with van der Waals surface area (Å²) in [5.41, 5.74) is 1.83. The molecule has 62 valence electrons. The van der Waals surface area contributed by atoms with Crippen LogP contribution in [0.5, 0.6) is 0 Å². The van der Waals surface area contributed by atoms with Gasteiger partial charge in [-0.2, -0.15) is 5.10 Å². The van der Waals surface area contributed by atoms with Crippen LogP contribution in [-0.4, -0.2) is 9.78 Å². The minimum absolute atomic E-state index is 0.210. The van der Waals surface area contributed by atoms with Gasteiger partial charge in [-0.15, -0.1) is 0 Å². The molecule has 0 N–H and O–H groups in total. The third-order valence-corrected chi connectivity index (χ3v) is 2.09. The lowest BCUT2D eigenvalue weighted by atomic mass is 10.2. The lowest BCUT2D eigenvalue weighted by Crippen LogP contribution is -1.91. The Bertz CT molecular complexity index is 431. The standard InChI is InChI=1S/C9H9FN2/c1-6-8-5-7(10)3-4-9(8)11-12(6)2/h3-5H,1-2H3. The van der Waals surface area contributed by atoms with Gasteiger partial charge in [0, 0.05) is 18.1 Å². The smallest absolute Gasteiger partial charge is 0.124 e. The van der Waals surface area contributed by atoms with E-state index >= 15 is 0 Å². The van der Waals surface area contributed by atoms with Crippen molar-refractivity contribution in [3.8, 4) is 0 Å². The van der Waals surface area contributed by atoms with E-state index in [0.717, 1.165) is 16.6 Å². The van der Waals surface area contributed by atoms with Crippen molar-refractivity contribution < 1.29 is 4.39 Å². The molecule has 0 aliphatic rings. The van der Waals surface area contributed by atoms with E-state index in [1.54, 1.807) is 10.7 Å². The molecule has 2 rings (SSSR count). The zero-order valence-corrected chi connectivity index (χ0v) is 7.00. The third-order valence-electron chi connectivity index (χ3n) is 2.09. The fourth-order valence-electron chi connectivity index (χ4n) is 1.30. The number of halogens is 1. The highest BCUT2D eigenvalue weighted by Gasteiger charge is 2.04. The van der Waals surface area contributed by atoms with Crippen LogP contribution in [0.1, 0.15) is 5.69 Å². The maximum Gasteiger partial charge on any atom is 0.124 e. The molecule has 0 aliphatic heterocycles. The first-order valence-electron chi connectivity index (χ1n) is 3.77. The van der Waals surface area contributed by atoms with Gasteiger partial charge in [-0.25, -0.2) is 4.39 Å². The molecule has 2 aromatic rings. The Morgan fingerprint density at radius 1 is 1.42 bits per heavy atom. The molecule has 0 saturated carbocycles. The first kappa shape index (κ1) is 7.28. The highest BCUT2D eigenvalue weighted by atomic mass is 19.1. The second-order valence-electron chi connectivity index (χ2n) is 2.87. The Morgan fingerprint density at radius 2 is 2.17 bits per heavy atom. The number of aromatic nitrogens is 2. The van der Waals surface area contributed by atoms with E-state index in [1.165, 1.54) is 12.1 Å². The Hall–Kier alpha value is -1.38. The fraction of sp³-hybridized carbons (Fsp3) is 0.222. The molecule has 12 heavy (non-hydrogen) atoms. The third kappa shape index (κ3) is 0.897. The second-order valence-corrected chi connectivity index (χ2v) is 2.87. The molecule has 1 aromatic heterocycles. The molecular weight excluding hydrogens is 155 g/mol. The summed E-state index contributed by atoms with van der Waals surface area (Å²) in [4.78, 5) is 0. The predicted octanol–water partition coefficient (Wildman–Crippen LogP) is 2.02. The van der Waals surface area contributed by atoms with Crippen LogP contribution >= 0.6 is 0 Å². The maximum atomic E-state index is 12.8. The molecule has 0 radical (unpaired) electrons. The van der Waals surface area contributed by atoms with E-state index in [-0.39, 0.29) is 5.82 Å². The Labute approximate surface area is 69.6 Å². The molecule has 2 nitrogen and oxygen atoms in total. The van der Waals surface area contributed by atoms with Crippen LogP contribution in [-0.2, 0) is 7.05 Å². The zero-order chi connectivity index (χ0) is 8.72. The molecule has 0 spiro atoms. The molecule has 1 aromatic carbocycles. The SMILES string of the molecule is Cc1c2cc(F)ccc2nn1C. The van der Waals surface area contributed by atoms with E-state index < -0.39 is 0 Å². The van der Waals surface area contributed by atoms with Gasteiger partial charge in [0.15, 0.2) is 0 Å². The minimum atomic E-state index is -0.210. The number of fused-ring (bicyclic) bond motifs is 1. The van der Waals surface area contributed by atoms with E-state index in [1.807, 2.05) is 14.0 Å². The average molecular weight is 164 g/mol. The molecular formula is C9H9FN2. The molecule has 0 unspecified atom stereocenters. The second kappa shape index (κ2) is 2.30. The fourth-order valence-corrected chi connectivity index (χ4v) is 1.30. The Morgan fingerprint density at radius 3 is 2.92 bits per heavy atom. The largest absolute Gasteiger partial charge is 0.272 e. The van der Waals surface area contributed by atoms with Crippen molar-refractivity contribution in [1.29, 1.82) is 0 Å². The quantitative estimate of drug-likeness (QED) is 0.582. The predicted molar refractivity (Wildman–Crippen MR) is 45.4 cm³/mol. The lowest BCUT2D eigenvalue weighted by molar-refractivity contribution is 0.629. The molecule has 3 heteroatoms. The summed E-state index contributed by atoms with van der Waals surface area (Å²) in [6.07, 6.45) is 0. The number of benzene rings is 1. The van der Waals surface area contributed by atoms with E-state index in [2.05, 4.69) is 5.10 Å². The number of hydrogen-bond acceptors (Lipinski definition) is 1. The van der Waals surface area contributed by atoms with Crippen molar-refractivity contribution in [1.82, 2.24) is 9.78 Å². The van der Waals surface area contributed by atoms with Crippen LogP contribution in [0.3, 0.4) is 0 Å². The van der Waals surface area contributed by atoms with Crippen molar-refractivity contribution in [3.05, 3.63) is 29.7 Å². The molecule has 1 heterocycles. The summed E-state index contributed by atoms with van der Waals surface area (Å²) in [7, 11) is 1.85. The van der Waals surface area contributed by atoms with E-state index in [9.17, 15) is 4.39 Å². The van der Waals surface area contributed by atoms with Crippen molar-refractivity contribution in [3.63, 3.8) is 0 Å². The molecule has 0 aliphatic carbocycles. The van der Waals surface area contributed by atoms with Crippen molar-refractivity contribution in [2.24, 2.45) is 7.05 Å². The summed E-state index contributed by atoms with van der Waals surface area (Å²) >= 11 is 0. The van der Waals surface area contributed by atoms with Gasteiger partial charge < -0.3 is 0 Å².